The Morgan fingerprint density at radius 2 is 2.13 bits per heavy atom. The third-order valence-electron chi connectivity index (χ3n) is 5.91. The molecule has 5 nitrogen and oxygen atoms in total. The standard InChI is InChI=1S/C23H23ClFN5/c1-14-23-18-4-2-16(15-6-9-26-10-7-15)12-19(18)22(8-11-30(23)29-28-14)27-17-3-5-20(24)21(25)13-17/h2-6,12-13,22,26-27H,7-11H2,1H3. The van der Waals surface area contributed by atoms with E-state index in [0.29, 0.717) is 5.69 Å². The fourth-order valence-corrected chi connectivity index (χ4v) is 4.50. The van der Waals surface area contributed by atoms with Crippen LogP contribution in [0, 0.1) is 12.7 Å². The predicted octanol–water partition coefficient (Wildman–Crippen LogP) is 4.98. The minimum Gasteiger partial charge on any atom is -0.378 e. The van der Waals surface area contributed by atoms with E-state index in [4.69, 9.17) is 11.6 Å². The Morgan fingerprint density at radius 3 is 2.93 bits per heavy atom. The van der Waals surface area contributed by atoms with E-state index < -0.39 is 5.82 Å². The predicted molar refractivity (Wildman–Crippen MR) is 118 cm³/mol. The molecule has 2 aliphatic heterocycles. The Labute approximate surface area is 179 Å². The zero-order valence-corrected chi connectivity index (χ0v) is 17.5. The molecule has 0 aliphatic carbocycles. The van der Waals surface area contributed by atoms with Crippen LogP contribution < -0.4 is 10.6 Å². The summed E-state index contributed by atoms with van der Waals surface area (Å²) in [5, 5.41) is 15.7. The highest BCUT2D eigenvalue weighted by atomic mass is 35.5. The molecule has 7 heteroatoms. The van der Waals surface area contributed by atoms with Crippen molar-refractivity contribution in [1.29, 1.82) is 0 Å². The molecule has 3 heterocycles. The molecule has 1 aromatic heterocycles. The van der Waals surface area contributed by atoms with Crippen LogP contribution in [0.25, 0.3) is 16.8 Å². The van der Waals surface area contributed by atoms with Gasteiger partial charge in [-0.2, -0.15) is 0 Å². The molecule has 0 radical (unpaired) electrons. The van der Waals surface area contributed by atoms with Gasteiger partial charge in [-0.1, -0.05) is 35.0 Å². The second-order valence-electron chi connectivity index (χ2n) is 7.85. The molecule has 3 aromatic rings. The van der Waals surface area contributed by atoms with Crippen molar-refractivity contribution in [3.05, 3.63) is 70.1 Å². The Kier molecular flexibility index (Phi) is 5.05. The highest BCUT2D eigenvalue weighted by Crippen LogP contribution is 2.39. The quantitative estimate of drug-likeness (QED) is 0.623. The molecule has 2 N–H and O–H groups in total. The molecule has 5 rings (SSSR count). The molecule has 0 amide bonds. The first kappa shape index (κ1) is 19.3. The first-order chi connectivity index (χ1) is 14.6. The van der Waals surface area contributed by atoms with E-state index in [-0.39, 0.29) is 11.1 Å². The monoisotopic (exact) mass is 423 g/mol. The van der Waals surface area contributed by atoms with E-state index in [1.807, 2.05) is 17.7 Å². The molecule has 0 saturated heterocycles. The van der Waals surface area contributed by atoms with Crippen molar-refractivity contribution in [3.8, 4) is 11.3 Å². The minimum atomic E-state index is -0.419. The molecular weight excluding hydrogens is 401 g/mol. The van der Waals surface area contributed by atoms with E-state index in [2.05, 4.69) is 45.2 Å². The fraction of sp³-hybridized carbons (Fsp3) is 0.304. The number of benzene rings is 2. The highest BCUT2D eigenvalue weighted by molar-refractivity contribution is 6.30. The summed E-state index contributed by atoms with van der Waals surface area (Å²) < 4.78 is 16.0. The third-order valence-corrected chi connectivity index (χ3v) is 6.22. The Hall–Kier alpha value is -2.70. The summed E-state index contributed by atoms with van der Waals surface area (Å²) in [6, 6.07) is 11.5. The van der Waals surface area contributed by atoms with E-state index in [1.165, 1.54) is 22.8 Å². The van der Waals surface area contributed by atoms with Gasteiger partial charge in [0.05, 0.1) is 22.5 Å². The Morgan fingerprint density at radius 1 is 1.23 bits per heavy atom. The summed E-state index contributed by atoms with van der Waals surface area (Å²) in [7, 11) is 0. The maximum Gasteiger partial charge on any atom is 0.143 e. The van der Waals surface area contributed by atoms with Crippen LogP contribution in [0.15, 0.2) is 42.5 Å². The van der Waals surface area contributed by atoms with Gasteiger partial charge >= 0.3 is 0 Å². The van der Waals surface area contributed by atoms with Crippen LogP contribution in [0.4, 0.5) is 10.1 Å². The number of nitrogens with zero attached hydrogens (tertiary/aromatic N) is 3. The van der Waals surface area contributed by atoms with Gasteiger partial charge in [0.15, 0.2) is 0 Å². The molecule has 0 saturated carbocycles. The van der Waals surface area contributed by atoms with E-state index in [9.17, 15) is 4.39 Å². The molecule has 0 spiro atoms. The zero-order chi connectivity index (χ0) is 20.7. The number of hydrogen-bond donors (Lipinski definition) is 2. The van der Waals surface area contributed by atoms with Gasteiger partial charge in [0.25, 0.3) is 0 Å². The largest absolute Gasteiger partial charge is 0.378 e. The molecule has 2 aliphatic rings. The van der Waals surface area contributed by atoms with Gasteiger partial charge in [0.1, 0.15) is 5.82 Å². The smallest absolute Gasteiger partial charge is 0.143 e. The van der Waals surface area contributed by atoms with Crippen LogP contribution in [-0.4, -0.2) is 28.1 Å². The van der Waals surface area contributed by atoms with E-state index in [0.717, 1.165) is 49.4 Å². The van der Waals surface area contributed by atoms with Gasteiger partial charge in [-0.3, -0.25) is 0 Å². The third kappa shape index (κ3) is 3.50. The van der Waals surface area contributed by atoms with Crippen molar-refractivity contribution in [2.24, 2.45) is 0 Å². The SMILES string of the molecule is Cc1nnn2c1-c1ccc(C3=CCNCC3)cc1C(Nc1ccc(Cl)c(F)c1)CC2. The zero-order valence-electron chi connectivity index (χ0n) is 16.8. The lowest BCUT2D eigenvalue weighted by Crippen LogP contribution is -2.20. The highest BCUT2D eigenvalue weighted by Gasteiger charge is 2.26. The topological polar surface area (TPSA) is 54.8 Å². The number of aryl methyl sites for hydroxylation is 2. The molecular formula is C23H23ClFN5. The lowest BCUT2D eigenvalue weighted by Gasteiger charge is -2.23. The van der Waals surface area contributed by atoms with Crippen molar-refractivity contribution in [2.45, 2.75) is 32.4 Å². The molecule has 2 aromatic carbocycles. The van der Waals surface area contributed by atoms with Crippen molar-refractivity contribution in [3.63, 3.8) is 0 Å². The summed E-state index contributed by atoms with van der Waals surface area (Å²) in [5.74, 6) is -0.419. The van der Waals surface area contributed by atoms with Crippen LogP contribution in [-0.2, 0) is 6.54 Å². The molecule has 1 atom stereocenters. The first-order valence-corrected chi connectivity index (χ1v) is 10.6. The molecule has 0 fully saturated rings. The number of nitrogens with one attached hydrogen (secondary N) is 2. The van der Waals surface area contributed by atoms with Crippen LogP contribution in [0.2, 0.25) is 5.02 Å². The van der Waals surface area contributed by atoms with E-state index in [1.54, 1.807) is 6.07 Å². The number of aromatic nitrogens is 3. The Balaban J connectivity index is 1.60. The van der Waals surface area contributed by atoms with Crippen molar-refractivity contribution >= 4 is 22.9 Å². The molecule has 30 heavy (non-hydrogen) atoms. The lowest BCUT2D eigenvalue weighted by atomic mass is 9.90. The first-order valence-electron chi connectivity index (χ1n) is 10.3. The van der Waals surface area contributed by atoms with Gasteiger partial charge in [0, 0.05) is 24.3 Å². The van der Waals surface area contributed by atoms with Crippen LogP contribution in [0.1, 0.15) is 35.7 Å². The van der Waals surface area contributed by atoms with Gasteiger partial charge < -0.3 is 10.6 Å². The summed E-state index contributed by atoms with van der Waals surface area (Å²) in [6.07, 6.45) is 4.09. The maximum atomic E-state index is 14.0. The number of hydrogen-bond acceptors (Lipinski definition) is 4. The maximum absolute atomic E-state index is 14.0. The summed E-state index contributed by atoms with van der Waals surface area (Å²) in [5.41, 5.74) is 7.61. The summed E-state index contributed by atoms with van der Waals surface area (Å²) >= 11 is 5.87. The van der Waals surface area contributed by atoms with Crippen molar-refractivity contribution in [2.75, 3.05) is 18.4 Å². The van der Waals surface area contributed by atoms with Crippen LogP contribution >= 0.6 is 11.6 Å². The van der Waals surface area contributed by atoms with Gasteiger partial charge in [-0.15, -0.1) is 5.10 Å². The lowest BCUT2D eigenvalue weighted by molar-refractivity contribution is 0.539. The van der Waals surface area contributed by atoms with Crippen LogP contribution in [0.3, 0.4) is 0 Å². The molecule has 154 valence electrons. The summed E-state index contributed by atoms with van der Waals surface area (Å²) in [6.45, 7) is 4.62. The average molecular weight is 424 g/mol. The van der Waals surface area contributed by atoms with Gasteiger partial charge in [-0.25, -0.2) is 9.07 Å². The number of fused-ring (bicyclic) bond motifs is 3. The number of anilines is 1. The van der Waals surface area contributed by atoms with Crippen molar-refractivity contribution in [1.82, 2.24) is 20.3 Å². The minimum absolute atomic E-state index is 0.0175. The normalized spacial score (nSPS) is 18.2. The molecule has 1 unspecified atom stereocenters. The molecule has 0 bridgehead atoms. The number of halogens is 2. The van der Waals surface area contributed by atoms with Gasteiger partial charge in [-0.05, 0) is 67.3 Å². The van der Waals surface area contributed by atoms with Crippen molar-refractivity contribution < 1.29 is 4.39 Å². The second-order valence-corrected chi connectivity index (χ2v) is 8.25. The van der Waals surface area contributed by atoms with E-state index >= 15 is 0 Å². The van der Waals surface area contributed by atoms with Gasteiger partial charge in [0.2, 0.25) is 0 Å². The number of rotatable bonds is 3. The summed E-state index contributed by atoms with van der Waals surface area (Å²) in [4.78, 5) is 0. The average Bonchev–Trinajstić information content (AvgIpc) is 3.06. The fourth-order valence-electron chi connectivity index (χ4n) is 4.39. The van der Waals surface area contributed by atoms with Crippen LogP contribution in [0.5, 0.6) is 0 Å². The second kappa shape index (κ2) is 7.85. The Bertz CT molecular complexity index is 1140.